The van der Waals surface area contributed by atoms with E-state index < -0.39 is 0 Å². The molecule has 0 aliphatic carbocycles. The van der Waals surface area contributed by atoms with Crippen LogP contribution in [0.1, 0.15) is 35.5 Å². The van der Waals surface area contributed by atoms with Crippen molar-refractivity contribution in [1.29, 1.82) is 0 Å². The fourth-order valence-electron chi connectivity index (χ4n) is 5.14. The minimum absolute atomic E-state index is 0.246. The molecule has 6 rings (SSSR count). The summed E-state index contributed by atoms with van der Waals surface area (Å²) in [4.78, 5) is 0.646. The monoisotopic (exact) mass is 509 g/mol. The van der Waals surface area contributed by atoms with Crippen LogP contribution in [0.4, 0.5) is 15.8 Å². The zero-order valence-electron chi connectivity index (χ0n) is 20.7. The lowest BCUT2D eigenvalue weighted by Gasteiger charge is -2.12. The quantitative estimate of drug-likeness (QED) is 0.242. The van der Waals surface area contributed by atoms with E-state index in [1.54, 1.807) is 12.1 Å². The van der Waals surface area contributed by atoms with Crippen molar-refractivity contribution in [3.63, 3.8) is 0 Å². The number of aryl methyl sites for hydroxylation is 3. The molecule has 2 N–H and O–H groups in total. The smallest absolute Gasteiger partial charge is 0.150 e. The van der Waals surface area contributed by atoms with Gasteiger partial charge in [0.2, 0.25) is 0 Å². The highest BCUT2D eigenvalue weighted by molar-refractivity contribution is 7.81. The molecule has 0 fully saturated rings. The second kappa shape index (κ2) is 9.82. The van der Waals surface area contributed by atoms with Crippen molar-refractivity contribution in [2.24, 2.45) is 0 Å². The maximum Gasteiger partial charge on any atom is 0.150 e. The number of nitrogens with zero attached hydrogens (tertiary/aromatic N) is 3. The highest BCUT2D eigenvalue weighted by atomic mass is 32.1. The Morgan fingerprint density at radius 2 is 1.68 bits per heavy atom. The number of hydrogen-bond acceptors (Lipinski definition) is 3. The molecule has 186 valence electrons. The molecule has 3 heterocycles. The first-order valence-electron chi connectivity index (χ1n) is 12.6. The normalized spacial score (nSPS) is 12.9. The van der Waals surface area contributed by atoms with Gasteiger partial charge >= 0.3 is 0 Å². The molecule has 0 atom stereocenters. The van der Waals surface area contributed by atoms with Crippen LogP contribution >= 0.6 is 12.2 Å². The maximum absolute atomic E-state index is 13.4. The zero-order chi connectivity index (χ0) is 25.4. The van der Waals surface area contributed by atoms with Crippen molar-refractivity contribution in [3.05, 3.63) is 107 Å². The van der Waals surface area contributed by atoms with Crippen LogP contribution in [-0.2, 0) is 19.5 Å². The number of rotatable bonds is 6. The molecule has 0 amide bonds. The van der Waals surface area contributed by atoms with E-state index >= 15 is 0 Å². The van der Waals surface area contributed by atoms with Gasteiger partial charge < -0.3 is 15.2 Å². The summed E-state index contributed by atoms with van der Waals surface area (Å²) >= 11 is 6.04. The van der Waals surface area contributed by atoms with Gasteiger partial charge in [-0.3, -0.25) is 0 Å². The summed E-state index contributed by atoms with van der Waals surface area (Å²) in [6.45, 7) is 3.50. The summed E-state index contributed by atoms with van der Waals surface area (Å²) in [6, 6.07) is 25.2. The van der Waals surface area contributed by atoms with Crippen LogP contribution in [0.15, 0.2) is 78.9 Å². The molecule has 5 nitrogen and oxygen atoms in total. The Labute approximate surface area is 221 Å². The Morgan fingerprint density at radius 1 is 0.946 bits per heavy atom. The molecule has 5 aromatic rings. The minimum atomic E-state index is -0.246. The molecular weight excluding hydrogens is 481 g/mol. The Balaban J connectivity index is 1.47. The molecule has 37 heavy (non-hydrogen) atoms. The topological polar surface area (TPSA) is 46.3 Å². The van der Waals surface area contributed by atoms with E-state index in [4.69, 9.17) is 17.3 Å². The van der Waals surface area contributed by atoms with Gasteiger partial charge in [0.25, 0.3) is 0 Å². The Bertz CT molecular complexity index is 1570. The Kier molecular flexibility index (Phi) is 6.22. The minimum Gasteiger partial charge on any atom is -0.378 e. The van der Waals surface area contributed by atoms with Crippen LogP contribution in [0.2, 0.25) is 0 Å². The lowest BCUT2D eigenvalue weighted by molar-refractivity contribution is 0.618. The lowest BCUT2D eigenvalue weighted by Crippen LogP contribution is -2.15. The number of nitrogens with one attached hydrogen (secondary N) is 2. The third-order valence-electron chi connectivity index (χ3n) is 6.94. The molecule has 0 bridgehead atoms. The number of anilines is 2. The number of thiocarbonyl (C=S) groups is 1. The van der Waals surface area contributed by atoms with E-state index in [2.05, 4.69) is 70.7 Å². The fraction of sp³-hybridized carbons (Fsp3) is 0.200. The van der Waals surface area contributed by atoms with Crippen LogP contribution < -0.4 is 10.6 Å². The summed E-state index contributed by atoms with van der Waals surface area (Å²) in [7, 11) is 0. The molecule has 1 aliphatic rings. The Hall–Kier alpha value is -3.97. The summed E-state index contributed by atoms with van der Waals surface area (Å²) in [5.74, 6) is 0.686. The average Bonchev–Trinajstić information content (AvgIpc) is 3.32. The average molecular weight is 510 g/mol. The lowest BCUT2D eigenvalue weighted by atomic mass is 9.98. The summed E-state index contributed by atoms with van der Waals surface area (Å²) < 4.78 is 17.7. The summed E-state index contributed by atoms with van der Waals surface area (Å²) in [5, 5.41) is 12.0. The van der Waals surface area contributed by atoms with Gasteiger partial charge in [-0.25, -0.2) is 8.91 Å². The first-order chi connectivity index (χ1) is 18.1. The van der Waals surface area contributed by atoms with E-state index in [9.17, 15) is 4.39 Å². The van der Waals surface area contributed by atoms with E-state index in [0.29, 0.717) is 11.5 Å². The van der Waals surface area contributed by atoms with Crippen LogP contribution in [0.5, 0.6) is 0 Å². The molecule has 7 heteroatoms. The standard InChI is InChI=1S/C30H28FN5S/c1-20-10-14-24(15-11-20)33-29(37)28-27(21-7-3-2-4-8-21)25-9-5-6-18-35-26(34-36(28)30(25)35)19-32-23-16-12-22(31)13-17-23/h2-4,7-8,10-17,32H,5-6,9,18-19H2,1H3,(H,33,37). The fourth-order valence-corrected chi connectivity index (χ4v) is 5.44. The maximum atomic E-state index is 13.4. The van der Waals surface area contributed by atoms with Crippen molar-refractivity contribution in [2.75, 3.05) is 10.6 Å². The van der Waals surface area contributed by atoms with Crippen molar-refractivity contribution in [3.8, 4) is 11.1 Å². The molecule has 3 aromatic carbocycles. The van der Waals surface area contributed by atoms with Crippen LogP contribution in [0.25, 0.3) is 16.8 Å². The van der Waals surface area contributed by atoms with Gasteiger partial charge in [-0.1, -0.05) is 60.2 Å². The van der Waals surface area contributed by atoms with Crippen LogP contribution in [-0.4, -0.2) is 19.2 Å². The zero-order valence-corrected chi connectivity index (χ0v) is 21.5. The van der Waals surface area contributed by atoms with Crippen molar-refractivity contribution in [2.45, 2.75) is 39.3 Å². The van der Waals surface area contributed by atoms with Gasteiger partial charge in [0.05, 0.1) is 6.54 Å². The predicted molar refractivity (Wildman–Crippen MR) is 152 cm³/mol. The van der Waals surface area contributed by atoms with Gasteiger partial charge in [-0.05, 0) is 68.1 Å². The van der Waals surface area contributed by atoms with Gasteiger partial charge in [0, 0.05) is 29.0 Å². The largest absolute Gasteiger partial charge is 0.378 e. The highest BCUT2D eigenvalue weighted by Crippen LogP contribution is 2.37. The van der Waals surface area contributed by atoms with Crippen molar-refractivity contribution in [1.82, 2.24) is 14.2 Å². The van der Waals surface area contributed by atoms with Gasteiger partial charge in [0.15, 0.2) is 5.82 Å². The molecular formula is C30H28FN5S. The van der Waals surface area contributed by atoms with Gasteiger partial charge in [-0.2, -0.15) is 5.10 Å². The number of benzene rings is 3. The van der Waals surface area contributed by atoms with Crippen molar-refractivity contribution < 1.29 is 4.39 Å². The number of aromatic nitrogens is 3. The number of hydrogen-bond donors (Lipinski definition) is 2. The summed E-state index contributed by atoms with van der Waals surface area (Å²) in [5.41, 5.74) is 8.62. The second-order valence-corrected chi connectivity index (χ2v) is 9.92. The van der Waals surface area contributed by atoms with E-state index in [0.717, 1.165) is 65.5 Å². The molecule has 0 unspecified atom stereocenters. The van der Waals surface area contributed by atoms with Gasteiger partial charge in [-0.15, -0.1) is 0 Å². The van der Waals surface area contributed by atoms with Gasteiger partial charge in [0.1, 0.15) is 22.1 Å². The molecule has 2 aromatic heterocycles. The summed E-state index contributed by atoms with van der Waals surface area (Å²) in [6.07, 6.45) is 3.15. The molecule has 1 aliphatic heterocycles. The third kappa shape index (κ3) is 4.51. The predicted octanol–water partition coefficient (Wildman–Crippen LogP) is 6.99. The molecule has 0 spiro atoms. The Morgan fingerprint density at radius 3 is 2.43 bits per heavy atom. The molecule has 0 saturated carbocycles. The first kappa shape index (κ1) is 23.4. The first-order valence-corrected chi connectivity index (χ1v) is 13.0. The van der Waals surface area contributed by atoms with E-state index in [1.165, 1.54) is 23.3 Å². The van der Waals surface area contributed by atoms with E-state index in [-0.39, 0.29) is 5.82 Å². The number of halogens is 1. The molecule has 0 saturated heterocycles. The SMILES string of the molecule is Cc1ccc(NC(=S)c2c(-c3ccccc3)c3c4n(c(CNc5ccc(F)cc5)nn24)CCCC3)cc1. The van der Waals surface area contributed by atoms with Crippen LogP contribution in [0.3, 0.4) is 0 Å². The third-order valence-corrected chi connectivity index (χ3v) is 7.24. The highest BCUT2D eigenvalue weighted by Gasteiger charge is 2.29. The second-order valence-electron chi connectivity index (χ2n) is 9.51. The van der Waals surface area contributed by atoms with Crippen molar-refractivity contribution >= 4 is 34.2 Å². The van der Waals surface area contributed by atoms with Crippen LogP contribution in [0, 0.1) is 12.7 Å². The molecule has 0 radical (unpaired) electrons. The van der Waals surface area contributed by atoms with E-state index in [1.807, 2.05) is 10.6 Å².